The summed E-state index contributed by atoms with van der Waals surface area (Å²) in [5.41, 5.74) is 0.170. The van der Waals surface area contributed by atoms with Gasteiger partial charge in [0.05, 0.1) is 18.6 Å². The second kappa shape index (κ2) is 5.84. The van der Waals surface area contributed by atoms with Crippen molar-refractivity contribution >= 4 is 11.9 Å². The van der Waals surface area contributed by atoms with Crippen molar-refractivity contribution < 1.29 is 19.1 Å². The highest BCUT2D eigenvalue weighted by Crippen LogP contribution is 2.47. The molecule has 0 bridgehead atoms. The van der Waals surface area contributed by atoms with Crippen LogP contribution in [-0.4, -0.2) is 25.2 Å². The van der Waals surface area contributed by atoms with Gasteiger partial charge in [0.2, 0.25) is 0 Å². The van der Waals surface area contributed by atoms with Crippen molar-refractivity contribution in [1.82, 2.24) is 0 Å². The molecule has 4 nitrogen and oxygen atoms in total. The van der Waals surface area contributed by atoms with E-state index in [0.29, 0.717) is 13.2 Å². The summed E-state index contributed by atoms with van der Waals surface area (Å²) in [6.07, 6.45) is 3.92. The molecule has 1 aliphatic carbocycles. The molecule has 0 radical (unpaired) electrons. The first kappa shape index (κ1) is 13.7. The molecule has 0 aromatic carbocycles. The molecule has 17 heavy (non-hydrogen) atoms. The van der Waals surface area contributed by atoms with Gasteiger partial charge in [-0.05, 0) is 39.2 Å². The van der Waals surface area contributed by atoms with Crippen LogP contribution in [0.25, 0.3) is 0 Å². The van der Waals surface area contributed by atoms with Gasteiger partial charge in [0, 0.05) is 6.08 Å². The fourth-order valence-electron chi connectivity index (χ4n) is 2.06. The lowest BCUT2D eigenvalue weighted by Crippen LogP contribution is -2.40. The van der Waals surface area contributed by atoms with Crippen molar-refractivity contribution in [3.8, 4) is 0 Å². The lowest BCUT2D eigenvalue weighted by Gasteiger charge is -2.40. The molecule has 0 unspecified atom stereocenters. The quantitative estimate of drug-likeness (QED) is 0.546. The summed E-state index contributed by atoms with van der Waals surface area (Å²) in [6.45, 7) is 6.05. The van der Waals surface area contributed by atoms with Gasteiger partial charge in [-0.3, -0.25) is 4.79 Å². The number of rotatable bonds is 5. The van der Waals surface area contributed by atoms with Gasteiger partial charge in [0.15, 0.2) is 0 Å². The van der Waals surface area contributed by atoms with Crippen molar-refractivity contribution in [3.63, 3.8) is 0 Å². The summed E-state index contributed by atoms with van der Waals surface area (Å²) in [5.74, 6) is -0.607. The molecule has 0 aromatic rings. The molecule has 1 fully saturated rings. The largest absolute Gasteiger partial charge is 0.465 e. The first-order chi connectivity index (χ1) is 8.06. The van der Waals surface area contributed by atoms with Crippen LogP contribution in [0.1, 0.15) is 40.0 Å². The van der Waals surface area contributed by atoms with E-state index in [1.165, 1.54) is 6.08 Å². The molecular formula is C13H20O4. The topological polar surface area (TPSA) is 52.6 Å². The number of hydrogen-bond acceptors (Lipinski definition) is 4. The molecule has 1 rings (SSSR count). The van der Waals surface area contributed by atoms with Crippen LogP contribution in [0, 0.1) is 5.41 Å². The smallest absolute Gasteiger partial charge is 0.330 e. The van der Waals surface area contributed by atoms with Crippen LogP contribution in [0.2, 0.25) is 0 Å². The van der Waals surface area contributed by atoms with Gasteiger partial charge < -0.3 is 9.47 Å². The zero-order chi connectivity index (χ0) is 12.9. The van der Waals surface area contributed by atoms with E-state index in [0.717, 1.165) is 24.8 Å². The normalized spacial score (nSPS) is 18.2. The summed E-state index contributed by atoms with van der Waals surface area (Å²) in [5, 5.41) is 0. The molecular weight excluding hydrogens is 220 g/mol. The van der Waals surface area contributed by atoms with Gasteiger partial charge >= 0.3 is 11.9 Å². The maximum Gasteiger partial charge on any atom is 0.330 e. The van der Waals surface area contributed by atoms with Gasteiger partial charge in [-0.25, -0.2) is 4.79 Å². The third-order valence-electron chi connectivity index (χ3n) is 3.25. The molecule has 0 atom stereocenters. The summed E-state index contributed by atoms with van der Waals surface area (Å²) < 4.78 is 9.93. The SMILES string of the molecule is CCOC(=O)/C=C(\C)C1(C(=O)OCC)CCC1. The predicted molar refractivity (Wildman–Crippen MR) is 63.3 cm³/mol. The second-order valence-corrected chi connectivity index (χ2v) is 4.24. The first-order valence-electron chi connectivity index (χ1n) is 6.09. The summed E-state index contributed by atoms with van der Waals surface area (Å²) in [4.78, 5) is 23.3. The number of ether oxygens (including phenoxy) is 2. The second-order valence-electron chi connectivity index (χ2n) is 4.24. The lowest BCUT2D eigenvalue weighted by atomic mass is 9.64. The zero-order valence-corrected chi connectivity index (χ0v) is 10.7. The van der Waals surface area contributed by atoms with Crippen LogP contribution in [0.5, 0.6) is 0 Å². The summed E-state index contributed by atoms with van der Waals surface area (Å²) >= 11 is 0. The van der Waals surface area contributed by atoms with Gasteiger partial charge in [0.1, 0.15) is 0 Å². The van der Waals surface area contributed by atoms with E-state index in [-0.39, 0.29) is 11.9 Å². The van der Waals surface area contributed by atoms with Crippen molar-refractivity contribution in [2.24, 2.45) is 5.41 Å². The van der Waals surface area contributed by atoms with Gasteiger partial charge in [0.25, 0.3) is 0 Å². The fourth-order valence-corrected chi connectivity index (χ4v) is 2.06. The monoisotopic (exact) mass is 240 g/mol. The highest BCUT2D eigenvalue weighted by Gasteiger charge is 2.47. The molecule has 0 heterocycles. The fraction of sp³-hybridized carbons (Fsp3) is 0.692. The van der Waals surface area contributed by atoms with Crippen molar-refractivity contribution in [2.45, 2.75) is 40.0 Å². The van der Waals surface area contributed by atoms with E-state index in [9.17, 15) is 9.59 Å². The van der Waals surface area contributed by atoms with Crippen molar-refractivity contribution in [1.29, 1.82) is 0 Å². The zero-order valence-electron chi connectivity index (χ0n) is 10.7. The highest BCUT2D eigenvalue weighted by molar-refractivity contribution is 5.87. The maximum atomic E-state index is 11.9. The average Bonchev–Trinajstić information content (AvgIpc) is 2.16. The molecule has 0 aliphatic heterocycles. The highest BCUT2D eigenvalue weighted by atomic mass is 16.5. The molecule has 0 spiro atoms. The third kappa shape index (κ3) is 2.87. The van der Waals surface area contributed by atoms with E-state index < -0.39 is 5.41 Å². The van der Waals surface area contributed by atoms with Crippen LogP contribution in [-0.2, 0) is 19.1 Å². The van der Waals surface area contributed by atoms with Crippen LogP contribution < -0.4 is 0 Å². The van der Waals surface area contributed by atoms with Gasteiger partial charge in [-0.15, -0.1) is 0 Å². The van der Waals surface area contributed by atoms with Crippen LogP contribution in [0.15, 0.2) is 11.6 Å². The van der Waals surface area contributed by atoms with Gasteiger partial charge in [-0.2, -0.15) is 0 Å². The minimum absolute atomic E-state index is 0.218. The van der Waals surface area contributed by atoms with Crippen molar-refractivity contribution in [2.75, 3.05) is 13.2 Å². The lowest BCUT2D eigenvalue weighted by molar-refractivity contribution is -0.157. The Morgan fingerprint density at radius 1 is 1.18 bits per heavy atom. The molecule has 0 saturated heterocycles. The Labute approximate surface area is 102 Å². The first-order valence-corrected chi connectivity index (χ1v) is 6.09. The number of carbonyl (C=O) groups excluding carboxylic acids is 2. The van der Waals surface area contributed by atoms with E-state index in [4.69, 9.17) is 9.47 Å². The molecule has 1 saturated carbocycles. The van der Waals surface area contributed by atoms with E-state index in [1.807, 2.05) is 0 Å². The Bertz CT molecular complexity index is 326. The molecule has 0 N–H and O–H groups in total. The predicted octanol–water partition coefficient (Wildman–Crippen LogP) is 2.23. The standard InChI is InChI=1S/C13H20O4/c1-4-16-11(14)9-10(3)13(7-6-8-13)12(15)17-5-2/h9H,4-8H2,1-3H3/b10-9+. The molecule has 0 aromatic heterocycles. The van der Waals surface area contributed by atoms with Crippen LogP contribution >= 0.6 is 0 Å². The Kier molecular flexibility index (Phi) is 4.73. The maximum absolute atomic E-state index is 11.9. The summed E-state index contributed by atoms with van der Waals surface area (Å²) in [7, 11) is 0. The van der Waals surface area contributed by atoms with E-state index in [1.54, 1.807) is 20.8 Å². The van der Waals surface area contributed by atoms with Crippen molar-refractivity contribution in [3.05, 3.63) is 11.6 Å². The Morgan fingerprint density at radius 3 is 2.18 bits per heavy atom. The third-order valence-corrected chi connectivity index (χ3v) is 3.25. The molecule has 0 amide bonds. The molecule has 96 valence electrons. The average molecular weight is 240 g/mol. The number of hydrogen-bond donors (Lipinski definition) is 0. The summed E-state index contributed by atoms with van der Waals surface area (Å²) in [6, 6.07) is 0. The van der Waals surface area contributed by atoms with E-state index >= 15 is 0 Å². The van der Waals surface area contributed by atoms with Crippen LogP contribution in [0.3, 0.4) is 0 Å². The minimum Gasteiger partial charge on any atom is -0.465 e. The molecule has 4 heteroatoms. The minimum atomic E-state index is -0.581. The number of carbonyl (C=O) groups is 2. The molecule has 1 aliphatic rings. The Morgan fingerprint density at radius 2 is 1.76 bits per heavy atom. The van der Waals surface area contributed by atoms with Gasteiger partial charge in [-0.1, -0.05) is 6.42 Å². The van der Waals surface area contributed by atoms with E-state index in [2.05, 4.69) is 0 Å². The number of esters is 2. The Balaban J connectivity index is 2.79. The Hall–Kier alpha value is -1.32. The van der Waals surface area contributed by atoms with Crippen LogP contribution in [0.4, 0.5) is 0 Å².